The fourth-order valence-electron chi connectivity index (χ4n) is 4.34. The molecule has 10 unspecified atom stereocenters. The van der Waals surface area contributed by atoms with Gasteiger partial charge in [-0.05, 0) is 12.1 Å². The molecule has 0 saturated carbocycles. The van der Waals surface area contributed by atoms with Crippen LogP contribution in [0.15, 0.2) is 0 Å². The average molecular weight is 959 g/mol. The van der Waals surface area contributed by atoms with Crippen LogP contribution in [0.25, 0.3) is 11.5 Å². The van der Waals surface area contributed by atoms with Gasteiger partial charge in [0.15, 0.2) is 24.8 Å². The van der Waals surface area contributed by atoms with Crippen molar-refractivity contribution in [2.45, 2.75) is 117 Å². The molecule has 0 aromatic heterocycles. The van der Waals surface area contributed by atoms with Crippen LogP contribution >= 0.6 is 18.8 Å². The van der Waals surface area contributed by atoms with E-state index in [2.05, 4.69) is 0 Å². The molecule has 0 aromatic rings. The van der Waals surface area contributed by atoms with Crippen molar-refractivity contribution < 1.29 is 102 Å². The zero-order valence-electron chi connectivity index (χ0n) is 28.6. The molecule has 0 bridgehead atoms. The molecule has 0 aliphatic carbocycles. The Morgan fingerprint density at radius 3 is 0.922 bits per heavy atom. The van der Waals surface area contributed by atoms with Crippen LogP contribution in [-0.2, 0) is 102 Å². The van der Waals surface area contributed by atoms with Crippen LogP contribution in [0.1, 0.15) is 55.4 Å². The standard InChI is InChI=1S/2C14H20NO9.2ClH.Pt/c2*1-6(16)20-5-10-12(21-7(2)17)13(22-8(3)18)11(15)14(24-10)23-9(4)19;;;/h2*10-15H,5H2,1-4H3;2*1H;/q2*-1;;;+4/p-2. The number of rotatable bonds is 10. The van der Waals surface area contributed by atoms with Crippen molar-refractivity contribution >= 4 is 66.6 Å². The summed E-state index contributed by atoms with van der Waals surface area (Å²) in [4.78, 5) is 89.6. The summed E-state index contributed by atoms with van der Waals surface area (Å²) in [6, 6.07) is -2.70. The molecule has 0 spiro atoms. The van der Waals surface area contributed by atoms with Gasteiger partial charge in [-0.2, -0.15) is 0 Å². The van der Waals surface area contributed by atoms with Crippen molar-refractivity contribution in [3.05, 3.63) is 11.5 Å². The Morgan fingerprint density at radius 2 is 0.706 bits per heavy atom. The maximum atomic E-state index is 11.3. The van der Waals surface area contributed by atoms with E-state index in [1.165, 1.54) is 13.8 Å². The fourth-order valence-corrected chi connectivity index (χ4v) is 4.34. The van der Waals surface area contributed by atoms with Crippen LogP contribution in [0.3, 0.4) is 0 Å². The van der Waals surface area contributed by atoms with E-state index in [9.17, 15) is 38.4 Å². The summed E-state index contributed by atoms with van der Waals surface area (Å²) in [5.74, 6) is -5.49. The summed E-state index contributed by atoms with van der Waals surface area (Å²) in [6.07, 6.45) is -9.81. The fraction of sp³-hybridized carbons (Fsp3) is 0.714. The minimum absolute atomic E-state index is 0.338. The monoisotopic (exact) mass is 957 g/mol. The number of esters is 8. The van der Waals surface area contributed by atoms with Gasteiger partial charge in [0.2, 0.25) is 0 Å². The van der Waals surface area contributed by atoms with Crippen molar-refractivity contribution in [2.75, 3.05) is 13.2 Å². The molecule has 2 heterocycles. The number of nitrogens with one attached hydrogen (secondary N) is 2. The number of halogens is 2. The Hall–Kier alpha value is -3.13. The quantitative estimate of drug-likeness (QED) is 0.222. The normalized spacial score (nSPS) is 28.0. The zero-order valence-corrected chi connectivity index (χ0v) is 32.4. The van der Waals surface area contributed by atoms with Crippen molar-refractivity contribution in [3.8, 4) is 0 Å². The molecule has 2 fully saturated rings. The Kier molecular flexibility index (Phi) is 22.7. The van der Waals surface area contributed by atoms with Gasteiger partial charge in [-0.15, -0.1) is 0 Å². The van der Waals surface area contributed by atoms with Crippen LogP contribution < -0.4 is 0 Å². The second kappa shape index (κ2) is 24.2. The molecule has 0 radical (unpaired) electrons. The van der Waals surface area contributed by atoms with Crippen molar-refractivity contribution in [1.29, 1.82) is 0 Å². The predicted molar refractivity (Wildman–Crippen MR) is 164 cm³/mol. The molecule has 2 aliphatic heterocycles. The summed E-state index contributed by atoms with van der Waals surface area (Å²) in [5, 5.41) is 0. The van der Waals surface area contributed by atoms with Gasteiger partial charge in [-0.3, -0.25) is 38.4 Å². The van der Waals surface area contributed by atoms with Gasteiger partial charge in [-0.1, -0.05) is 0 Å². The van der Waals surface area contributed by atoms with E-state index in [-0.39, 0.29) is 13.2 Å². The summed E-state index contributed by atoms with van der Waals surface area (Å²) in [6.45, 7) is 8.41. The second-order valence-electron chi connectivity index (χ2n) is 10.3. The Labute approximate surface area is 309 Å². The van der Waals surface area contributed by atoms with E-state index in [0.29, 0.717) is 0 Å². The second-order valence-corrected chi connectivity index (χ2v) is 13.6. The Morgan fingerprint density at radius 1 is 0.471 bits per heavy atom. The minimum atomic E-state index is -1.38. The third kappa shape index (κ3) is 18.8. The molecule has 10 atom stereocenters. The van der Waals surface area contributed by atoms with E-state index in [1.807, 2.05) is 0 Å². The molecule has 2 rings (SSSR count). The van der Waals surface area contributed by atoms with Crippen LogP contribution in [0, 0.1) is 0 Å². The molecule has 2 aliphatic rings. The van der Waals surface area contributed by atoms with Crippen molar-refractivity contribution in [2.24, 2.45) is 0 Å². The van der Waals surface area contributed by atoms with Gasteiger partial charge in [0.05, 0.1) is 0 Å². The van der Waals surface area contributed by atoms with Crippen LogP contribution in [0.2, 0.25) is 0 Å². The number of hydrogen-bond acceptors (Lipinski definition) is 18. The molecule has 294 valence electrons. The van der Waals surface area contributed by atoms with E-state index in [4.69, 9.17) is 77.7 Å². The number of carbonyl (C=O) groups excluding carboxylic acids is 8. The summed E-state index contributed by atoms with van der Waals surface area (Å²) in [7, 11) is 9.75. The summed E-state index contributed by atoms with van der Waals surface area (Å²) >= 11 is -0.472. The van der Waals surface area contributed by atoms with E-state index in [1.54, 1.807) is 0 Å². The molecule has 0 amide bonds. The van der Waals surface area contributed by atoms with Crippen LogP contribution in [-0.4, -0.2) is 122 Å². The first-order valence-electron chi connectivity index (χ1n) is 14.5. The molecule has 2 saturated heterocycles. The van der Waals surface area contributed by atoms with Gasteiger partial charge < -0.3 is 58.8 Å². The van der Waals surface area contributed by atoms with E-state index < -0.39 is 126 Å². The summed E-state index contributed by atoms with van der Waals surface area (Å²) in [5.41, 5.74) is 16.2. The SMILES string of the molecule is CC(=O)OCC1OC(OC(C)=O)C([NH-])C(OC(C)=O)C1OC(C)=O.CC(=O)OCC1OC(OC(C)=O)C([NH-])C(OC(C)=O)C1OC(C)=O.[Cl][Pt+2][Cl]. The Balaban J connectivity index is 0.000000910. The first-order chi connectivity index (χ1) is 23.6. The van der Waals surface area contributed by atoms with E-state index in [0.717, 1.165) is 41.5 Å². The first kappa shape index (κ1) is 47.9. The van der Waals surface area contributed by atoms with Crippen molar-refractivity contribution in [1.82, 2.24) is 0 Å². The molecule has 23 heteroatoms. The third-order valence-corrected chi connectivity index (χ3v) is 5.97. The predicted octanol–water partition coefficient (Wildman–Crippen LogP) is 1.62. The van der Waals surface area contributed by atoms with Crippen LogP contribution in [0.4, 0.5) is 0 Å². The molecule has 2 N–H and O–H groups in total. The molecular weight excluding hydrogens is 918 g/mol. The molecule has 20 nitrogen and oxygen atoms in total. The number of carbonyl (C=O) groups is 8. The maximum absolute atomic E-state index is 11.3. The molecular formula is C28H40Cl2N2O18Pt. The third-order valence-electron chi connectivity index (χ3n) is 5.97. The average Bonchev–Trinajstić information content (AvgIpc) is 2.97. The van der Waals surface area contributed by atoms with Gasteiger partial charge in [0.1, 0.15) is 37.6 Å². The zero-order chi connectivity index (χ0) is 39.6. The molecule has 51 heavy (non-hydrogen) atoms. The van der Waals surface area contributed by atoms with Crippen molar-refractivity contribution in [3.63, 3.8) is 0 Å². The van der Waals surface area contributed by atoms with Gasteiger partial charge in [0.25, 0.3) is 0 Å². The van der Waals surface area contributed by atoms with Crippen LogP contribution in [0.5, 0.6) is 0 Å². The number of ether oxygens (including phenoxy) is 10. The van der Waals surface area contributed by atoms with E-state index >= 15 is 0 Å². The first-order valence-corrected chi connectivity index (χ1v) is 20.1. The van der Waals surface area contributed by atoms with Gasteiger partial charge in [-0.25, -0.2) is 0 Å². The van der Waals surface area contributed by atoms with Gasteiger partial charge in [0, 0.05) is 55.4 Å². The molecule has 0 aromatic carbocycles. The number of hydrogen-bond donors (Lipinski definition) is 0. The van der Waals surface area contributed by atoms with Gasteiger partial charge >= 0.3 is 83.1 Å². The topological polar surface area (TPSA) is 276 Å². The Bertz CT molecular complexity index is 1110. The summed E-state index contributed by atoms with van der Waals surface area (Å²) < 4.78 is 50.5.